The number of halogens is 1. The molecule has 172 valence electrons. The molecule has 33 heavy (non-hydrogen) atoms. The van der Waals surface area contributed by atoms with Gasteiger partial charge in [0.1, 0.15) is 41.6 Å². The Hall–Kier alpha value is -3.40. The minimum Gasteiger partial charge on any atom is -0.491 e. The summed E-state index contributed by atoms with van der Waals surface area (Å²) >= 11 is 0. The molecule has 2 aromatic heterocycles. The molecule has 1 spiro atoms. The van der Waals surface area contributed by atoms with Gasteiger partial charge in [0.15, 0.2) is 0 Å². The van der Waals surface area contributed by atoms with Crippen LogP contribution in [0.25, 0.3) is 22.2 Å². The number of nitrogen functional groups attached to an aromatic ring is 1. The van der Waals surface area contributed by atoms with Crippen molar-refractivity contribution in [3.05, 3.63) is 36.5 Å². The average molecular weight is 453 g/mol. The van der Waals surface area contributed by atoms with Crippen LogP contribution in [0.2, 0.25) is 0 Å². The number of benzene rings is 1. The zero-order chi connectivity index (χ0) is 22.6. The number of nitrogens with two attached hydrogens (primary N) is 1. The molecule has 0 bridgehead atoms. The maximum Gasteiger partial charge on any atom is 0.407 e. The first kappa shape index (κ1) is 20.2. The average Bonchev–Trinajstić information content (AvgIpc) is 3.51. The maximum absolute atomic E-state index is 15.0. The van der Waals surface area contributed by atoms with E-state index in [1.165, 1.54) is 12.4 Å². The number of carbonyl (C=O) groups is 1. The van der Waals surface area contributed by atoms with E-state index in [0.29, 0.717) is 53.9 Å². The molecule has 6 rings (SSSR count). The fourth-order valence-corrected chi connectivity index (χ4v) is 5.08. The molecule has 2 aliphatic heterocycles. The van der Waals surface area contributed by atoms with Crippen LogP contribution in [-0.2, 0) is 9.47 Å². The number of carbonyl (C=O) groups excluding carboxylic acids is 1. The summed E-state index contributed by atoms with van der Waals surface area (Å²) in [4.78, 5) is 20.1. The lowest BCUT2D eigenvalue weighted by Gasteiger charge is -2.43. The maximum atomic E-state index is 15.0. The van der Waals surface area contributed by atoms with Crippen molar-refractivity contribution in [2.75, 3.05) is 25.5 Å². The lowest BCUT2D eigenvalue weighted by molar-refractivity contribution is -0.0395. The number of fused-ring (bicyclic) bond motifs is 1. The van der Waals surface area contributed by atoms with Crippen LogP contribution in [-0.4, -0.2) is 52.1 Å². The lowest BCUT2D eigenvalue weighted by Crippen LogP contribution is -2.47. The van der Waals surface area contributed by atoms with Gasteiger partial charge in [0, 0.05) is 42.8 Å². The zero-order valence-corrected chi connectivity index (χ0v) is 17.9. The highest BCUT2D eigenvalue weighted by atomic mass is 19.1. The summed E-state index contributed by atoms with van der Waals surface area (Å²) in [6.45, 7) is 1.67. The molecule has 3 aliphatic rings. The molecule has 0 radical (unpaired) electrons. The fraction of sp³-hybridized carbons (Fsp3) is 0.435. The molecule has 10 heteroatoms. The smallest absolute Gasteiger partial charge is 0.407 e. The number of alkyl carbamates (subject to hydrolysis) is 1. The van der Waals surface area contributed by atoms with Crippen molar-refractivity contribution in [2.24, 2.45) is 0 Å². The second kappa shape index (κ2) is 7.58. The standard InChI is InChI=1S/C23H24FN5O4/c24-18-4-3-14(32-10-15-2-1-5-31-15)6-16(18)17-9-29(21-19(17)20(25)27-12-28-21)13-7-23(8-13)11-26-22(30)33-23/h3-4,6,9,12-13,15H,1-2,5,7-8,10-11H2,(H,26,30)(H2,25,27,28). The molecular weight excluding hydrogens is 429 g/mol. The minimum absolute atomic E-state index is 0.0465. The predicted octanol–water partition coefficient (Wildman–Crippen LogP) is 3.19. The van der Waals surface area contributed by atoms with Gasteiger partial charge in [-0.05, 0) is 31.0 Å². The van der Waals surface area contributed by atoms with Crippen LogP contribution in [0.3, 0.4) is 0 Å². The minimum atomic E-state index is -0.488. The summed E-state index contributed by atoms with van der Waals surface area (Å²) in [6.07, 6.45) is 6.22. The molecule has 1 unspecified atom stereocenters. The van der Waals surface area contributed by atoms with Gasteiger partial charge in [0.05, 0.1) is 18.0 Å². The molecule has 1 aromatic carbocycles. The molecule has 3 fully saturated rings. The lowest BCUT2D eigenvalue weighted by atomic mass is 9.75. The topological polar surface area (TPSA) is 114 Å². The molecule has 1 aliphatic carbocycles. The fourth-order valence-electron chi connectivity index (χ4n) is 5.08. The monoisotopic (exact) mass is 453 g/mol. The largest absolute Gasteiger partial charge is 0.491 e. The summed E-state index contributed by atoms with van der Waals surface area (Å²) < 4.78 is 34.0. The Labute approximate surface area is 189 Å². The highest BCUT2D eigenvalue weighted by Crippen LogP contribution is 2.48. The predicted molar refractivity (Wildman–Crippen MR) is 117 cm³/mol. The number of amides is 1. The van der Waals surface area contributed by atoms with Crippen LogP contribution >= 0.6 is 0 Å². The molecule has 1 atom stereocenters. The summed E-state index contributed by atoms with van der Waals surface area (Å²) in [5, 5.41) is 3.31. The van der Waals surface area contributed by atoms with Crippen LogP contribution in [0.5, 0.6) is 5.75 Å². The van der Waals surface area contributed by atoms with Gasteiger partial charge in [-0.25, -0.2) is 19.2 Å². The van der Waals surface area contributed by atoms with E-state index in [1.807, 2.05) is 10.8 Å². The summed E-state index contributed by atoms with van der Waals surface area (Å²) in [5.74, 6) is 0.451. The van der Waals surface area contributed by atoms with Crippen LogP contribution in [0.1, 0.15) is 31.7 Å². The van der Waals surface area contributed by atoms with Gasteiger partial charge in [0.2, 0.25) is 0 Å². The van der Waals surface area contributed by atoms with E-state index in [1.54, 1.807) is 12.1 Å². The third kappa shape index (κ3) is 3.45. The molecule has 9 nitrogen and oxygen atoms in total. The van der Waals surface area contributed by atoms with E-state index in [2.05, 4.69) is 15.3 Å². The van der Waals surface area contributed by atoms with E-state index in [9.17, 15) is 4.79 Å². The second-order valence-electron chi connectivity index (χ2n) is 8.98. The van der Waals surface area contributed by atoms with E-state index in [0.717, 1.165) is 19.4 Å². The third-order valence-corrected chi connectivity index (χ3v) is 6.80. The van der Waals surface area contributed by atoms with Gasteiger partial charge in [-0.2, -0.15) is 0 Å². The van der Waals surface area contributed by atoms with Crippen LogP contribution < -0.4 is 15.8 Å². The molecule has 1 saturated carbocycles. The van der Waals surface area contributed by atoms with Crippen molar-refractivity contribution in [2.45, 2.75) is 43.4 Å². The van der Waals surface area contributed by atoms with Gasteiger partial charge < -0.3 is 29.8 Å². The Morgan fingerprint density at radius 2 is 2.18 bits per heavy atom. The van der Waals surface area contributed by atoms with Crippen LogP contribution in [0.4, 0.5) is 15.0 Å². The number of hydrogen-bond acceptors (Lipinski definition) is 7. The van der Waals surface area contributed by atoms with Gasteiger partial charge in [-0.3, -0.25) is 0 Å². The first-order chi connectivity index (χ1) is 16.0. The highest BCUT2D eigenvalue weighted by molar-refractivity contribution is 6.01. The Bertz CT molecular complexity index is 1230. The van der Waals surface area contributed by atoms with Crippen molar-refractivity contribution < 1.29 is 23.4 Å². The number of rotatable bonds is 5. The normalized spacial score (nSPS) is 26.4. The van der Waals surface area contributed by atoms with Gasteiger partial charge in [0.25, 0.3) is 0 Å². The zero-order valence-electron chi connectivity index (χ0n) is 17.9. The van der Waals surface area contributed by atoms with Crippen molar-refractivity contribution in [1.82, 2.24) is 19.9 Å². The van der Waals surface area contributed by atoms with Crippen molar-refractivity contribution in [3.8, 4) is 16.9 Å². The van der Waals surface area contributed by atoms with Gasteiger partial charge in [-0.15, -0.1) is 0 Å². The second-order valence-corrected chi connectivity index (χ2v) is 8.98. The summed E-state index contributed by atoms with van der Waals surface area (Å²) in [7, 11) is 0. The molecule has 4 heterocycles. The molecule has 1 amide bonds. The Balaban J connectivity index is 1.34. The number of nitrogens with one attached hydrogen (secondary N) is 1. The van der Waals surface area contributed by atoms with Gasteiger partial charge in [-0.1, -0.05) is 0 Å². The van der Waals surface area contributed by atoms with Crippen LogP contribution in [0.15, 0.2) is 30.7 Å². The van der Waals surface area contributed by atoms with Crippen LogP contribution in [0, 0.1) is 5.82 Å². The molecule has 2 saturated heterocycles. The van der Waals surface area contributed by atoms with Gasteiger partial charge >= 0.3 is 6.09 Å². The number of aromatic nitrogens is 3. The number of ether oxygens (including phenoxy) is 3. The number of hydrogen-bond donors (Lipinski definition) is 2. The quantitative estimate of drug-likeness (QED) is 0.610. The highest BCUT2D eigenvalue weighted by Gasteiger charge is 2.52. The summed E-state index contributed by atoms with van der Waals surface area (Å²) in [6, 6.07) is 4.74. The third-order valence-electron chi connectivity index (χ3n) is 6.80. The number of nitrogens with zero attached hydrogens (tertiary/aromatic N) is 3. The number of anilines is 1. The van der Waals surface area contributed by atoms with E-state index < -0.39 is 5.60 Å². The van der Waals surface area contributed by atoms with Crippen molar-refractivity contribution >= 4 is 22.9 Å². The van der Waals surface area contributed by atoms with Crippen molar-refractivity contribution in [3.63, 3.8) is 0 Å². The SMILES string of the molecule is Nc1ncnc2c1c(-c1cc(OCC3CCCO3)ccc1F)cn2C1CC2(CNC(=O)O2)C1. The molecule has 3 aromatic rings. The molecule has 3 N–H and O–H groups in total. The Morgan fingerprint density at radius 1 is 1.30 bits per heavy atom. The van der Waals surface area contributed by atoms with Crippen molar-refractivity contribution in [1.29, 1.82) is 0 Å². The van der Waals surface area contributed by atoms with E-state index in [4.69, 9.17) is 19.9 Å². The summed E-state index contributed by atoms with van der Waals surface area (Å²) in [5.41, 5.74) is 7.32. The Kier molecular flexibility index (Phi) is 4.65. The first-order valence-corrected chi connectivity index (χ1v) is 11.1. The molecular formula is C23H24FN5O4. The Morgan fingerprint density at radius 3 is 2.94 bits per heavy atom. The first-order valence-electron chi connectivity index (χ1n) is 11.1. The van der Waals surface area contributed by atoms with E-state index >= 15 is 4.39 Å². The van der Waals surface area contributed by atoms with E-state index in [-0.39, 0.29) is 29.9 Å².